The molecule has 0 atom stereocenters. The molecule has 126 valence electrons. The van der Waals surface area contributed by atoms with Gasteiger partial charge in [-0.05, 0) is 6.07 Å². The van der Waals surface area contributed by atoms with E-state index in [1.54, 1.807) is 6.08 Å². The highest BCUT2D eigenvalue weighted by atomic mass is 32.1. The summed E-state index contributed by atoms with van der Waals surface area (Å²) in [6.45, 7) is 6.87. The summed E-state index contributed by atoms with van der Waals surface area (Å²) in [5, 5.41) is 10.2. The summed E-state index contributed by atoms with van der Waals surface area (Å²) in [7, 11) is 0. The van der Waals surface area contributed by atoms with Crippen LogP contribution in [0, 0.1) is 0 Å². The van der Waals surface area contributed by atoms with Crippen molar-refractivity contribution < 1.29 is 9.59 Å². The maximum absolute atomic E-state index is 13.0. The highest BCUT2D eigenvalue weighted by Crippen LogP contribution is 2.36. The molecule has 2 aromatic rings. The summed E-state index contributed by atoms with van der Waals surface area (Å²) in [5.74, 6) is -0.0343. The predicted molar refractivity (Wildman–Crippen MR) is 97.8 cm³/mol. The number of fused-ring (bicyclic) bond motifs is 1. The minimum Gasteiger partial charge on any atom is -0.336 e. The lowest BCUT2D eigenvalue weighted by atomic mass is 10.1. The molecule has 7 heteroatoms. The second-order valence-electron chi connectivity index (χ2n) is 5.47. The molecule has 1 fully saturated rings. The minimum absolute atomic E-state index is 0.0343. The number of piperazine rings is 1. The first-order valence-corrected chi connectivity index (χ1v) is 8.69. The van der Waals surface area contributed by atoms with Gasteiger partial charge in [-0.3, -0.25) is 10.1 Å². The second kappa shape index (κ2) is 7.46. The van der Waals surface area contributed by atoms with Crippen molar-refractivity contribution in [3.05, 3.63) is 42.5 Å². The highest BCUT2D eigenvalue weighted by molar-refractivity contribution is 7.23. The van der Waals surface area contributed by atoms with Crippen LogP contribution < -0.4 is 16.0 Å². The fourth-order valence-electron chi connectivity index (χ4n) is 2.68. The minimum atomic E-state index is -0.337. The van der Waals surface area contributed by atoms with Crippen LogP contribution in [0.5, 0.6) is 0 Å². The number of nitrogens with zero attached hydrogens (tertiary/aromatic N) is 1. The van der Waals surface area contributed by atoms with Gasteiger partial charge in [-0.2, -0.15) is 0 Å². The molecule has 0 unspecified atom stereocenters. The van der Waals surface area contributed by atoms with Crippen LogP contribution in [0.2, 0.25) is 0 Å². The molecule has 0 aliphatic carbocycles. The molecule has 3 N–H and O–H groups in total. The van der Waals surface area contributed by atoms with E-state index in [1.165, 1.54) is 11.3 Å². The standard InChI is InChI=1S/C17H20N4O2S/c1-2-7-19-17(23)20-15-14(12-5-3-4-6-13(12)24-15)16(22)21-10-8-18-9-11-21/h2-6,18H,1,7-11H2,(H2,19,20,23). The van der Waals surface area contributed by atoms with Gasteiger partial charge in [0.25, 0.3) is 5.91 Å². The summed E-state index contributed by atoms with van der Waals surface area (Å²) in [4.78, 5) is 26.8. The molecular weight excluding hydrogens is 324 g/mol. The molecule has 0 spiro atoms. The molecule has 0 bridgehead atoms. The van der Waals surface area contributed by atoms with Crippen LogP contribution in [0.3, 0.4) is 0 Å². The van der Waals surface area contributed by atoms with Gasteiger partial charge in [-0.1, -0.05) is 24.3 Å². The molecule has 6 nitrogen and oxygen atoms in total. The molecule has 1 saturated heterocycles. The SMILES string of the molecule is C=CCNC(=O)Nc1sc2ccccc2c1C(=O)N1CCNCC1. The van der Waals surface area contributed by atoms with E-state index in [4.69, 9.17) is 0 Å². The third kappa shape index (κ3) is 3.42. The van der Waals surface area contributed by atoms with Crippen LogP contribution in [-0.4, -0.2) is 49.6 Å². The summed E-state index contributed by atoms with van der Waals surface area (Å²) < 4.78 is 0.981. The predicted octanol–water partition coefficient (Wildman–Crippen LogP) is 2.25. The Morgan fingerprint density at radius 3 is 2.79 bits per heavy atom. The number of carbonyl (C=O) groups is 2. The Balaban J connectivity index is 1.94. The van der Waals surface area contributed by atoms with Crippen LogP contribution in [0.25, 0.3) is 10.1 Å². The molecule has 0 saturated carbocycles. The first-order valence-electron chi connectivity index (χ1n) is 7.88. The van der Waals surface area contributed by atoms with E-state index in [-0.39, 0.29) is 11.9 Å². The number of carbonyl (C=O) groups excluding carboxylic acids is 2. The monoisotopic (exact) mass is 344 g/mol. The van der Waals surface area contributed by atoms with E-state index >= 15 is 0 Å². The van der Waals surface area contributed by atoms with E-state index in [9.17, 15) is 9.59 Å². The Hall–Kier alpha value is -2.38. The highest BCUT2D eigenvalue weighted by Gasteiger charge is 2.25. The molecule has 0 radical (unpaired) electrons. The summed E-state index contributed by atoms with van der Waals surface area (Å²) >= 11 is 1.42. The van der Waals surface area contributed by atoms with Gasteiger partial charge in [0.05, 0.1) is 5.56 Å². The summed E-state index contributed by atoms with van der Waals surface area (Å²) in [6, 6.07) is 7.39. The van der Waals surface area contributed by atoms with E-state index in [1.807, 2.05) is 29.2 Å². The van der Waals surface area contributed by atoms with Crippen molar-refractivity contribution in [2.24, 2.45) is 0 Å². The van der Waals surface area contributed by atoms with Gasteiger partial charge in [0.2, 0.25) is 0 Å². The largest absolute Gasteiger partial charge is 0.336 e. The number of amides is 3. The molecule has 3 amide bonds. The average Bonchev–Trinajstić information content (AvgIpc) is 2.97. The van der Waals surface area contributed by atoms with Gasteiger partial charge in [-0.15, -0.1) is 17.9 Å². The lowest BCUT2D eigenvalue weighted by Gasteiger charge is -2.27. The lowest BCUT2D eigenvalue weighted by molar-refractivity contribution is 0.0739. The summed E-state index contributed by atoms with van der Waals surface area (Å²) in [6.07, 6.45) is 1.61. The number of urea groups is 1. The zero-order valence-corrected chi connectivity index (χ0v) is 14.1. The molecular formula is C17H20N4O2S. The van der Waals surface area contributed by atoms with Gasteiger partial charge in [0, 0.05) is 42.8 Å². The maximum atomic E-state index is 13.0. The quantitative estimate of drug-likeness (QED) is 0.745. The van der Waals surface area contributed by atoms with Crippen LogP contribution >= 0.6 is 11.3 Å². The van der Waals surface area contributed by atoms with Gasteiger partial charge in [-0.25, -0.2) is 4.79 Å². The normalized spacial score (nSPS) is 14.4. The molecule has 3 rings (SSSR count). The molecule has 1 aliphatic rings. The fraction of sp³-hybridized carbons (Fsp3) is 0.294. The van der Waals surface area contributed by atoms with Crippen molar-refractivity contribution in [2.45, 2.75) is 0 Å². The second-order valence-corrected chi connectivity index (χ2v) is 6.52. The first-order chi connectivity index (χ1) is 11.7. The zero-order valence-electron chi connectivity index (χ0n) is 13.3. The van der Waals surface area contributed by atoms with Crippen molar-refractivity contribution >= 4 is 38.4 Å². The number of nitrogens with one attached hydrogen (secondary N) is 3. The van der Waals surface area contributed by atoms with Crippen molar-refractivity contribution in [1.82, 2.24) is 15.5 Å². The van der Waals surface area contributed by atoms with Gasteiger partial charge in [0.1, 0.15) is 5.00 Å². The Labute approximate surface area is 144 Å². The fourth-order valence-corrected chi connectivity index (χ4v) is 3.77. The Morgan fingerprint density at radius 1 is 1.29 bits per heavy atom. The number of hydrogen-bond donors (Lipinski definition) is 3. The van der Waals surface area contributed by atoms with Crippen LogP contribution in [0.15, 0.2) is 36.9 Å². The Bertz CT molecular complexity index is 765. The molecule has 2 heterocycles. The van der Waals surface area contributed by atoms with Crippen LogP contribution in [0.1, 0.15) is 10.4 Å². The molecule has 1 aliphatic heterocycles. The molecule has 1 aromatic heterocycles. The smallest absolute Gasteiger partial charge is 0.320 e. The zero-order chi connectivity index (χ0) is 16.9. The third-order valence-corrected chi connectivity index (χ3v) is 4.93. The number of anilines is 1. The van der Waals surface area contributed by atoms with Gasteiger partial charge in [0.15, 0.2) is 0 Å². The summed E-state index contributed by atoms with van der Waals surface area (Å²) in [5.41, 5.74) is 0.575. The van der Waals surface area contributed by atoms with Crippen molar-refractivity contribution in [3.63, 3.8) is 0 Å². The molecule has 24 heavy (non-hydrogen) atoms. The van der Waals surface area contributed by atoms with E-state index < -0.39 is 0 Å². The van der Waals surface area contributed by atoms with Crippen molar-refractivity contribution in [2.75, 3.05) is 38.0 Å². The molecule has 1 aromatic carbocycles. The van der Waals surface area contributed by atoms with E-state index in [2.05, 4.69) is 22.5 Å². The average molecular weight is 344 g/mol. The number of rotatable bonds is 4. The lowest BCUT2D eigenvalue weighted by Crippen LogP contribution is -2.46. The Kier molecular flexibility index (Phi) is 5.12. The van der Waals surface area contributed by atoms with Crippen LogP contribution in [0.4, 0.5) is 9.80 Å². The van der Waals surface area contributed by atoms with E-state index in [0.717, 1.165) is 23.2 Å². The third-order valence-electron chi connectivity index (χ3n) is 3.85. The van der Waals surface area contributed by atoms with Crippen molar-refractivity contribution in [1.29, 1.82) is 0 Å². The van der Waals surface area contributed by atoms with E-state index in [0.29, 0.717) is 30.2 Å². The first kappa shape index (κ1) is 16.5. The number of thiophene rings is 1. The van der Waals surface area contributed by atoms with Crippen molar-refractivity contribution in [3.8, 4) is 0 Å². The topological polar surface area (TPSA) is 73.5 Å². The van der Waals surface area contributed by atoms with Crippen LogP contribution in [-0.2, 0) is 0 Å². The number of benzene rings is 1. The van der Waals surface area contributed by atoms with Gasteiger partial charge >= 0.3 is 6.03 Å². The maximum Gasteiger partial charge on any atom is 0.320 e. The van der Waals surface area contributed by atoms with Gasteiger partial charge < -0.3 is 15.5 Å². The number of hydrogen-bond acceptors (Lipinski definition) is 4. The Morgan fingerprint density at radius 2 is 2.04 bits per heavy atom.